The number of hydrogen-bond acceptors (Lipinski definition) is 4. The van der Waals surface area contributed by atoms with Gasteiger partial charge in [-0.25, -0.2) is 4.79 Å². The van der Waals surface area contributed by atoms with Crippen LogP contribution in [0.15, 0.2) is 18.2 Å². The highest BCUT2D eigenvalue weighted by atomic mass is 16.5. The molecule has 1 N–H and O–H groups in total. The van der Waals surface area contributed by atoms with Gasteiger partial charge in [0.05, 0.1) is 26.4 Å². The highest BCUT2D eigenvalue weighted by molar-refractivity contribution is 5.91. The van der Waals surface area contributed by atoms with Gasteiger partial charge in [-0.15, -0.1) is 0 Å². The first-order chi connectivity index (χ1) is 6.72. The van der Waals surface area contributed by atoms with Crippen LogP contribution < -0.4 is 4.74 Å². The third kappa shape index (κ3) is 2.03. The van der Waals surface area contributed by atoms with Crippen molar-refractivity contribution in [2.75, 3.05) is 14.2 Å². The average Bonchev–Trinajstić information content (AvgIpc) is 2.27. The van der Waals surface area contributed by atoms with Crippen LogP contribution in [0.1, 0.15) is 15.9 Å². The molecule has 0 aliphatic heterocycles. The Hall–Kier alpha value is -1.55. The summed E-state index contributed by atoms with van der Waals surface area (Å²) in [5, 5.41) is 9.02. The highest BCUT2D eigenvalue weighted by Crippen LogP contribution is 2.18. The Morgan fingerprint density at radius 3 is 2.64 bits per heavy atom. The molecule has 4 nitrogen and oxygen atoms in total. The van der Waals surface area contributed by atoms with Gasteiger partial charge in [-0.05, 0) is 23.8 Å². The van der Waals surface area contributed by atoms with E-state index in [1.54, 1.807) is 18.2 Å². The number of aliphatic hydroxyl groups excluding tert-OH is 1. The molecule has 0 radical (unpaired) electrons. The summed E-state index contributed by atoms with van der Waals surface area (Å²) in [6.45, 7) is -0.221. The predicted molar refractivity (Wildman–Crippen MR) is 50.3 cm³/mol. The summed E-state index contributed by atoms with van der Waals surface area (Å²) in [6.07, 6.45) is 0. The number of esters is 1. The van der Waals surface area contributed by atoms with Crippen molar-refractivity contribution >= 4 is 5.97 Å². The summed E-state index contributed by atoms with van der Waals surface area (Å²) < 4.78 is 9.52. The SMILES string of the molecule is COC(=O)c1ccc(OC)cc1CO. The first-order valence-electron chi connectivity index (χ1n) is 4.09. The summed E-state index contributed by atoms with van der Waals surface area (Å²) in [4.78, 5) is 11.2. The smallest absolute Gasteiger partial charge is 0.338 e. The molecule has 0 saturated heterocycles. The van der Waals surface area contributed by atoms with Gasteiger partial charge in [-0.1, -0.05) is 0 Å². The zero-order chi connectivity index (χ0) is 10.6. The number of benzene rings is 1. The fraction of sp³-hybridized carbons (Fsp3) is 0.300. The molecule has 0 unspecified atom stereocenters. The summed E-state index contributed by atoms with van der Waals surface area (Å²) in [5.74, 6) is 0.137. The number of hydrogen-bond donors (Lipinski definition) is 1. The minimum Gasteiger partial charge on any atom is -0.497 e. The van der Waals surface area contributed by atoms with Crippen molar-refractivity contribution in [3.8, 4) is 5.75 Å². The van der Waals surface area contributed by atoms with Crippen LogP contribution in [0, 0.1) is 0 Å². The molecule has 4 heteroatoms. The Morgan fingerprint density at radius 2 is 2.14 bits per heavy atom. The van der Waals surface area contributed by atoms with Crippen molar-refractivity contribution in [2.45, 2.75) is 6.61 Å². The lowest BCUT2D eigenvalue weighted by molar-refractivity contribution is 0.0597. The molecule has 0 bridgehead atoms. The Kier molecular flexibility index (Phi) is 3.48. The van der Waals surface area contributed by atoms with E-state index in [0.717, 1.165) is 0 Å². The average molecular weight is 196 g/mol. The summed E-state index contributed by atoms with van der Waals surface area (Å²) in [6, 6.07) is 4.81. The van der Waals surface area contributed by atoms with Crippen LogP contribution in [-0.2, 0) is 11.3 Å². The molecule has 1 aromatic carbocycles. The van der Waals surface area contributed by atoms with Gasteiger partial charge < -0.3 is 14.6 Å². The summed E-state index contributed by atoms with van der Waals surface area (Å²) in [5.41, 5.74) is 0.854. The van der Waals surface area contributed by atoms with Gasteiger partial charge in [0.15, 0.2) is 0 Å². The second kappa shape index (κ2) is 4.62. The monoisotopic (exact) mass is 196 g/mol. The van der Waals surface area contributed by atoms with Gasteiger partial charge in [0.1, 0.15) is 5.75 Å². The summed E-state index contributed by atoms with van der Waals surface area (Å²) >= 11 is 0. The number of carbonyl (C=O) groups is 1. The van der Waals surface area contributed by atoms with E-state index in [4.69, 9.17) is 9.84 Å². The summed E-state index contributed by atoms with van der Waals surface area (Å²) in [7, 11) is 2.82. The lowest BCUT2D eigenvalue weighted by Crippen LogP contribution is -2.05. The van der Waals surface area contributed by atoms with Crippen LogP contribution >= 0.6 is 0 Å². The van der Waals surface area contributed by atoms with E-state index < -0.39 is 5.97 Å². The molecule has 14 heavy (non-hydrogen) atoms. The molecule has 0 spiro atoms. The Bertz CT molecular complexity index is 333. The van der Waals surface area contributed by atoms with Crippen molar-refractivity contribution in [3.05, 3.63) is 29.3 Å². The van der Waals surface area contributed by atoms with Crippen molar-refractivity contribution in [2.24, 2.45) is 0 Å². The van der Waals surface area contributed by atoms with Crippen LogP contribution in [0.25, 0.3) is 0 Å². The van der Waals surface area contributed by atoms with Crippen LogP contribution in [-0.4, -0.2) is 25.3 Å². The van der Waals surface area contributed by atoms with Crippen LogP contribution in [0.3, 0.4) is 0 Å². The molecular weight excluding hydrogens is 184 g/mol. The molecule has 0 saturated carbocycles. The molecule has 0 aromatic heterocycles. The molecule has 0 atom stereocenters. The van der Waals surface area contributed by atoms with Crippen molar-refractivity contribution in [1.82, 2.24) is 0 Å². The molecular formula is C10H12O4. The van der Waals surface area contributed by atoms with Crippen LogP contribution in [0.2, 0.25) is 0 Å². The first kappa shape index (κ1) is 10.5. The van der Waals surface area contributed by atoms with Gasteiger partial charge >= 0.3 is 5.97 Å². The zero-order valence-corrected chi connectivity index (χ0v) is 8.11. The molecule has 0 amide bonds. The number of methoxy groups -OCH3 is 2. The lowest BCUT2D eigenvalue weighted by Gasteiger charge is -2.07. The van der Waals surface area contributed by atoms with Gasteiger partial charge in [0.2, 0.25) is 0 Å². The fourth-order valence-corrected chi connectivity index (χ4v) is 1.14. The topological polar surface area (TPSA) is 55.8 Å². The Balaban J connectivity index is 3.11. The van der Waals surface area contributed by atoms with Gasteiger partial charge in [0.25, 0.3) is 0 Å². The molecule has 0 aliphatic rings. The van der Waals surface area contributed by atoms with E-state index in [1.165, 1.54) is 14.2 Å². The first-order valence-corrected chi connectivity index (χ1v) is 4.09. The third-order valence-corrected chi connectivity index (χ3v) is 1.89. The molecule has 0 heterocycles. The number of carbonyl (C=O) groups excluding carboxylic acids is 1. The number of ether oxygens (including phenoxy) is 2. The van der Waals surface area contributed by atoms with Crippen LogP contribution in [0.5, 0.6) is 5.75 Å². The van der Waals surface area contributed by atoms with Gasteiger partial charge in [-0.2, -0.15) is 0 Å². The number of rotatable bonds is 3. The quantitative estimate of drug-likeness (QED) is 0.732. The maximum Gasteiger partial charge on any atom is 0.338 e. The number of aliphatic hydroxyl groups is 1. The van der Waals surface area contributed by atoms with Gasteiger partial charge in [0, 0.05) is 0 Å². The van der Waals surface area contributed by atoms with E-state index in [9.17, 15) is 4.79 Å². The lowest BCUT2D eigenvalue weighted by atomic mass is 10.1. The predicted octanol–water partition coefficient (Wildman–Crippen LogP) is 0.974. The minimum absolute atomic E-state index is 0.221. The Labute approximate surface area is 82.1 Å². The minimum atomic E-state index is -0.461. The van der Waals surface area contributed by atoms with Crippen molar-refractivity contribution in [3.63, 3.8) is 0 Å². The van der Waals surface area contributed by atoms with E-state index in [2.05, 4.69) is 4.74 Å². The highest BCUT2D eigenvalue weighted by Gasteiger charge is 2.11. The van der Waals surface area contributed by atoms with Crippen LogP contribution in [0.4, 0.5) is 0 Å². The second-order valence-corrected chi connectivity index (χ2v) is 2.67. The standard InChI is InChI=1S/C10H12O4/c1-13-8-3-4-9(10(12)14-2)7(5-8)6-11/h3-5,11H,6H2,1-2H3. The maximum absolute atomic E-state index is 11.2. The maximum atomic E-state index is 11.2. The van der Waals surface area contributed by atoms with E-state index in [0.29, 0.717) is 16.9 Å². The van der Waals surface area contributed by atoms with Gasteiger partial charge in [-0.3, -0.25) is 0 Å². The van der Waals surface area contributed by atoms with E-state index in [1.807, 2.05) is 0 Å². The second-order valence-electron chi connectivity index (χ2n) is 2.67. The van der Waals surface area contributed by atoms with Crippen molar-refractivity contribution < 1.29 is 19.4 Å². The molecule has 1 rings (SSSR count). The normalized spacial score (nSPS) is 9.64. The third-order valence-electron chi connectivity index (χ3n) is 1.89. The zero-order valence-electron chi connectivity index (χ0n) is 8.11. The molecule has 0 fully saturated rings. The fourth-order valence-electron chi connectivity index (χ4n) is 1.14. The van der Waals surface area contributed by atoms with E-state index in [-0.39, 0.29) is 6.61 Å². The van der Waals surface area contributed by atoms with E-state index >= 15 is 0 Å². The molecule has 1 aromatic rings. The molecule has 0 aliphatic carbocycles. The largest absolute Gasteiger partial charge is 0.497 e. The Morgan fingerprint density at radius 1 is 1.43 bits per heavy atom. The molecule has 76 valence electrons. The van der Waals surface area contributed by atoms with Crippen molar-refractivity contribution in [1.29, 1.82) is 0 Å².